The predicted octanol–water partition coefficient (Wildman–Crippen LogP) is 6.26. The minimum Gasteiger partial charge on any atom is -0.329 e. The fourth-order valence-electron chi connectivity index (χ4n) is 3.89. The van der Waals surface area contributed by atoms with E-state index in [-0.39, 0.29) is 0 Å². The summed E-state index contributed by atoms with van der Waals surface area (Å²) in [5.74, 6) is 1.62. The number of aryl methyl sites for hydroxylation is 1. The molecular weight excluding hydrogens is 362 g/mol. The van der Waals surface area contributed by atoms with Gasteiger partial charge in [-0.1, -0.05) is 39.0 Å². The number of aromatic nitrogens is 2. The maximum Gasteiger partial charge on any atom is 0.225 e. The van der Waals surface area contributed by atoms with Gasteiger partial charge in [0.2, 0.25) is 5.28 Å². The van der Waals surface area contributed by atoms with Crippen molar-refractivity contribution in [1.82, 2.24) is 9.97 Å². The van der Waals surface area contributed by atoms with E-state index < -0.39 is 0 Å². The van der Waals surface area contributed by atoms with E-state index in [4.69, 9.17) is 11.6 Å². The van der Waals surface area contributed by atoms with Gasteiger partial charge in [0.05, 0.1) is 5.39 Å². The van der Waals surface area contributed by atoms with Gasteiger partial charge in [-0.25, -0.2) is 4.98 Å². The van der Waals surface area contributed by atoms with Crippen LogP contribution in [0.15, 0.2) is 30.3 Å². The van der Waals surface area contributed by atoms with Gasteiger partial charge in [0.25, 0.3) is 0 Å². The number of fused-ring (bicyclic) bond motifs is 3. The zero-order chi connectivity index (χ0) is 18.5. The van der Waals surface area contributed by atoms with Crippen LogP contribution in [0.5, 0.6) is 0 Å². The van der Waals surface area contributed by atoms with Gasteiger partial charge < -0.3 is 4.90 Å². The lowest BCUT2D eigenvalue weighted by molar-refractivity contribution is 0.218. The van der Waals surface area contributed by atoms with E-state index in [1.54, 1.807) is 11.3 Å². The lowest BCUT2D eigenvalue weighted by Crippen LogP contribution is -2.26. The van der Waals surface area contributed by atoms with E-state index in [1.165, 1.54) is 22.2 Å². The van der Waals surface area contributed by atoms with Crippen LogP contribution in [0.3, 0.4) is 0 Å². The molecule has 0 spiro atoms. The number of benzene rings is 1. The molecule has 0 saturated carbocycles. The molecule has 3 nitrogen and oxygen atoms in total. The summed E-state index contributed by atoms with van der Waals surface area (Å²) in [4.78, 5) is 13.8. The average Bonchev–Trinajstić information content (AvgIpc) is 2.97. The van der Waals surface area contributed by atoms with Crippen LogP contribution in [0.1, 0.15) is 37.6 Å². The number of anilines is 2. The van der Waals surface area contributed by atoms with Crippen molar-refractivity contribution in [2.45, 2.75) is 40.0 Å². The van der Waals surface area contributed by atoms with E-state index in [0.29, 0.717) is 16.6 Å². The fourth-order valence-corrected chi connectivity index (χ4v) is 5.40. The highest BCUT2D eigenvalue weighted by Crippen LogP contribution is 2.45. The topological polar surface area (TPSA) is 29.0 Å². The van der Waals surface area contributed by atoms with E-state index in [1.807, 2.05) is 18.2 Å². The third-order valence-electron chi connectivity index (χ3n) is 5.55. The minimum atomic E-state index is 0.321. The average molecular weight is 386 g/mol. The van der Waals surface area contributed by atoms with Crippen molar-refractivity contribution in [3.8, 4) is 0 Å². The predicted molar refractivity (Wildman–Crippen MR) is 112 cm³/mol. The highest BCUT2D eigenvalue weighted by atomic mass is 35.5. The normalized spacial score (nSPS) is 17.3. The van der Waals surface area contributed by atoms with Gasteiger partial charge in [-0.05, 0) is 59.9 Å². The van der Waals surface area contributed by atoms with Crippen molar-refractivity contribution in [2.24, 2.45) is 11.3 Å². The Balaban J connectivity index is 1.84. The first kappa shape index (κ1) is 17.7. The molecule has 0 amide bonds. The Hall–Kier alpha value is -1.65. The third kappa shape index (κ3) is 3.10. The van der Waals surface area contributed by atoms with Crippen molar-refractivity contribution in [2.75, 3.05) is 11.9 Å². The summed E-state index contributed by atoms with van der Waals surface area (Å²) in [6.07, 6.45) is 3.45. The van der Waals surface area contributed by atoms with Crippen molar-refractivity contribution in [3.05, 3.63) is 46.1 Å². The Kier molecular flexibility index (Phi) is 4.44. The summed E-state index contributed by atoms with van der Waals surface area (Å²) in [6, 6.07) is 10.3. The maximum atomic E-state index is 6.28. The molecule has 1 unspecified atom stereocenters. The molecule has 1 aromatic carbocycles. The van der Waals surface area contributed by atoms with Crippen LogP contribution in [0.4, 0.5) is 11.5 Å². The second kappa shape index (κ2) is 6.50. The lowest BCUT2D eigenvalue weighted by Gasteiger charge is -2.33. The van der Waals surface area contributed by atoms with E-state index in [2.05, 4.69) is 54.8 Å². The standard InChI is InChI=1S/C21H24ClN3S/c1-21(2,3)13-10-11-15-16(12-13)26-19-17(15)18(23-20(22)24-19)25(4)14-8-6-5-7-9-14/h5-9,13H,10-12H2,1-4H3. The van der Waals surface area contributed by atoms with Gasteiger partial charge in [0.1, 0.15) is 10.6 Å². The zero-order valence-electron chi connectivity index (χ0n) is 15.7. The van der Waals surface area contributed by atoms with Crippen LogP contribution in [0.25, 0.3) is 10.2 Å². The Morgan fingerprint density at radius 1 is 1.15 bits per heavy atom. The smallest absolute Gasteiger partial charge is 0.225 e. The zero-order valence-corrected chi connectivity index (χ0v) is 17.3. The van der Waals surface area contributed by atoms with Gasteiger partial charge in [-0.15, -0.1) is 11.3 Å². The van der Waals surface area contributed by atoms with Gasteiger partial charge >= 0.3 is 0 Å². The molecule has 1 aliphatic rings. The first-order valence-corrected chi connectivity index (χ1v) is 10.3. The molecule has 0 N–H and O–H groups in total. The van der Waals surface area contributed by atoms with Crippen LogP contribution in [-0.4, -0.2) is 17.0 Å². The summed E-state index contributed by atoms with van der Waals surface area (Å²) >= 11 is 8.08. The molecule has 2 aromatic heterocycles. The number of hydrogen-bond donors (Lipinski definition) is 0. The highest BCUT2D eigenvalue weighted by molar-refractivity contribution is 7.19. The summed E-state index contributed by atoms with van der Waals surface area (Å²) < 4.78 is 0. The fraction of sp³-hybridized carbons (Fsp3) is 0.429. The van der Waals surface area contributed by atoms with Crippen LogP contribution in [0.2, 0.25) is 5.28 Å². The lowest BCUT2D eigenvalue weighted by atomic mass is 9.72. The Morgan fingerprint density at radius 2 is 1.88 bits per heavy atom. The van der Waals surface area contributed by atoms with Crippen LogP contribution in [0, 0.1) is 11.3 Å². The summed E-state index contributed by atoms with van der Waals surface area (Å²) in [5, 5.41) is 1.51. The SMILES string of the molecule is CN(c1ccccc1)c1nc(Cl)nc2sc3c(c12)CCC(C(C)(C)C)C3. The van der Waals surface area contributed by atoms with Crippen LogP contribution in [-0.2, 0) is 12.8 Å². The molecule has 0 fully saturated rings. The van der Waals surface area contributed by atoms with E-state index in [9.17, 15) is 0 Å². The highest BCUT2D eigenvalue weighted by Gasteiger charge is 2.32. The van der Waals surface area contributed by atoms with Crippen molar-refractivity contribution in [3.63, 3.8) is 0 Å². The van der Waals surface area contributed by atoms with Crippen LogP contribution >= 0.6 is 22.9 Å². The van der Waals surface area contributed by atoms with Gasteiger partial charge in [-0.3, -0.25) is 0 Å². The number of para-hydroxylation sites is 1. The summed E-state index contributed by atoms with van der Waals surface area (Å²) in [6.45, 7) is 7.05. The van der Waals surface area contributed by atoms with E-state index in [0.717, 1.165) is 29.2 Å². The molecule has 0 radical (unpaired) electrons. The Labute approximate surface area is 164 Å². The van der Waals surface area contributed by atoms with Gasteiger partial charge in [-0.2, -0.15) is 4.98 Å². The second-order valence-electron chi connectivity index (χ2n) is 8.20. The number of nitrogens with zero attached hydrogens (tertiary/aromatic N) is 3. The Morgan fingerprint density at radius 3 is 2.58 bits per heavy atom. The number of thiophene rings is 1. The Bertz CT molecular complexity index is 943. The minimum absolute atomic E-state index is 0.321. The number of hydrogen-bond acceptors (Lipinski definition) is 4. The van der Waals surface area contributed by atoms with Crippen molar-refractivity contribution < 1.29 is 0 Å². The second-order valence-corrected chi connectivity index (χ2v) is 9.62. The quantitative estimate of drug-likeness (QED) is 0.487. The van der Waals surface area contributed by atoms with E-state index >= 15 is 0 Å². The maximum absolute atomic E-state index is 6.28. The molecule has 2 heterocycles. The first-order chi connectivity index (χ1) is 12.3. The monoisotopic (exact) mass is 385 g/mol. The molecule has 1 aliphatic carbocycles. The van der Waals surface area contributed by atoms with Crippen molar-refractivity contribution >= 4 is 44.7 Å². The first-order valence-electron chi connectivity index (χ1n) is 9.11. The molecular formula is C21H24ClN3S. The van der Waals surface area contributed by atoms with Gasteiger partial charge in [0.15, 0.2) is 0 Å². The number of rotatable bonds is 2. The third-order valence-corrected chi connectivity index (χ3v) is 6.87. The molecule has 4 rings (SSSR count). The summed E-state index contributed by atoms with van der Waals surface area (Å²) in [7, 11) is 2.05. The molecule has 3 aromatic rings. The van der Waals surface area contributed by atoms with Crippen LogP contribution < -0.4 is 4.90 Å². The van der Waals surface area contributed by atoms with Gasteiger partial charge in [0, 0.05) is 17.6 Å². The number of halogens is 1. The molecule has 136 valence electrons. The molecule has 0 bridgehead atoms. The largest absolute Gasteiger partial charge is 0.329 e. The molecule has 0 saturated heterocycles. The molecule has 0 aliphatic heterocycles. The molecule has 1 atom stereocenters. The molecule has 26 heavy (non-hydrogen) atoms. The van der Waals surface area contributed by atoms with Crippen molar-refractivity contribution in [1.29, 1.82) is 0 Å². The molecule has 5 heteroatoms. The summed E-state index contributed by atoms with van der Waals surface area (Å²) in [5.41, 5.74) is 2.87.